The molecule has 2 aliphatic heterocycles. The average Bonchev–Trinajstić information content (AvgIpc) is 2.36. The van der Waals surface area contributed by atoms with Gasteiger partial charge in [0.1, 0.15) is 12.5 Å². The Bertz CT molecular complexity index is 238. The van der Waals surface area contributed by atoms with E-state index in [0.717, 1.165) is 0 Å². The zero-order valence-electron chi connectivity index (χ0n) is 5.28. The van der Waals surface area contributed by atoms with Gasteiger partial charge in [-0.05, 0) is 6.08 Å². The number of nitrogens with one attached hydrogen (secondary N) is 1. The molecule has 5 nitrogen and oxygen atoms in total. The molecule has 0 radical (unpaired) electrons. The largest absolute Gasteiger partial charge is 0.384 e. The molecule has 2 rings (SSSR count). The lowest BCUT2D eigenvalue weighted by Crippen LogP contribution is -2.40. The van der Waals surface area contributed by atoms with Gasteiger partial charge in [-0.2, -0.15) is 0 Å². The first-order valence-electron chi connectivity index (χ1n) is 2.96. The molecule has 0 spiro atoms. The van der Waals surface area contributed by atoms with Crippen LogP contribution in [0.2, 0.25) is 0 Å². The Kier molecular flexibility index (Phi) is 0.983. The van der Waals surface area contributed by atoms with Crippen molar-refractivity contribution < 1.29 is 0 Å². The van der Waals surface area contributed by atoms with Crippen molar-refractivity contribution in [3.8, 4) is 0 Å². The molecule has 0 fully saturated rings. The third kappa shape index (κ3) is 0.608. The van der Waals surface area contributed by atoms with Crippen LogP contribution in [-0.2, 0) is 0 Å². The van der Waals surface area contributed by atoms with E-state index in [2.05, 4.69) is 15.4 Å². The summed E-state index contributed by atoms with van der Waals surface area (Å²) in [7, 11) is 0. The fourth-order valence-corrected chi connectivity index (χ4v) is 0.878. The summed E-state index contributed by atoms with van der Waals surface area (Å²) in [4.78, 5) is 7.99. The van der Waals surface area contributed by atoms with Gasteiger partial charge in [-0.25, -0.2) is 20.4 Å². The lowest BCUT2D eigenvalue weighted by molar-refractivity contribution is 0.409. The minimum Gasteiger partial charge on any atom is -0.384 e. The maximum Gasteiger partial charge on any atom is 0.242 e. The van der Waals surface area contributed by atoms with E-state index in [1.165, 1.54) is 0 Å². The van der Waals surface area contributed by atoms with Crippen LogP contribution in [0.25, 0.3) is 0 Å². The summed E-state index contributed by atoms with van der Waals surface area (Å²) in [5.74, 6) is 1.27. The monoisotopic (exact) mass is 137 g/mol. The van der Waals surface area contributed by atoms with Crippen LogP contribution in [0.15, 0.2) is 21.9 Å². The summed E-state index contributed by atoms with van der Waals surface area (Å²) in [6.07, 6.45) is 3.36. The normalized spacial score (nSPS) is 22.2. The summed E-state index contributed by atoms with van der Waals surface area (Å²) >= 11 is 0. The van der Waals surface area contributed by atoms with Crippen LogP contribution in [0.1, 0.15) is 0 Å². The van der Waals surface area contributed by atoms with Crippen molar-refractivity contribution >= 4 is 12.2 Å². The third-order valence-electron chi connectivity index (χ3n) is 1.34. The van der Waals surface area contributed by atoms with Crippen LogP contribution in [0, 0.1) is 0 Å². The molecule has 0 aromatic rings. The molecule has 2 heterocycles. The fourth-order valence-electron chi connectivity index (χ4n) is 0.878. The minimum absolute atomic E-state index is 0.557. The summed E-state index contributed by atoms with van der Waals surface area (Å²) in [5.41, 5.74) is 8.50. The van der Waals surface area contributed by atoms with Crippen LogP contribution in [0.3, 0.4) is 0 Å². The Labute approximate surface area is 57.9 Å². The first kappa shape index (κ1) is 5.43. The number of allylic oxidation sites excluding steroid dienone is 1. The van der Waals surface area contributed by atoms with E-state index >= 15 is 0 Å². The molecule has 3 N–H and O–H groups in total. The van der Waals surface area contributed by atoms with Gasteiger partial charge in [0, 0.05) is 6.21 Å². The number of guanidine groups is 1. The maximum absolute atomic E-state index is 5.57. The van der Waals surface area contributed by atoms with E-state index in [1.54, 1.807) is 17.3 Å². The van der Waals surface area contributed by atoms with Crippen molar-refractivity contribution in [2.75, 3.05) is 6.67 Å². The first-order chi connectivity index (χ1) is 4.88. The Morgan fingerprint density at radius 2 is 2.60 bits per heavy atom. The second-order valence-electron chi connectivity index (χ2n) is 1.98. The Balaban J connectivity index is 2.36. The van der Waals surface area contributed by atoms with Gasteiger partial charge in [-0.15, -0.1) is 0 Å². The van der Waals surface area contributed by atoms with Gasteiger partial charge in [-0.3, -0.25) is 0 Å². The average molecular weight is 137 g/mol. The van der Waals surface area contributed by atoms with Crippen molar-refractivity contribution in [2.45, 2.75) is 0 Å². The summed E-state index contributed by atoms with van der Waals surface area (Å²) < 4.78 is 0. The van der Waals surface area contributed by atoms with Crippen molar-refractivity contribution in [3.63, 3.8) is 0 Å². The molecular weight excluding hydrogens is 130 g/mol. The van der Waals surface area contributed by atoms with Crippen molar-refractivity contribution in [3.05, 3.63) is 11.9 Å². The molecule has 0 amide bonds. The van der Waals surface area contributed by atoms with Gasteiger partial charge in [0.05, 0.1) is 0 Å². The molecule has 0 saturated heterocycles. The SMILES string of the molecule is NC1=CC=NC2=NCNN12. The van der Waals surface area contributed by atoms with Gasteiger partial charge in [0.15, 0.2) is 0 Å². The van der Waals surface area contributed by atoms with Crippen LogP contribution < -0.4 is 11.2 Å². The molecule has 0 saturated carbocycles. The lowest BCUT2D eigenvalue weighted by atomic mass is 10.5. The quantitative estimate of drug-likeness (QED) is 0.450. The van der Waals surface area contributed by atoms with Crippen LogP contribution in [0.5, 0.6) is 0 Å². The number of hydrogen-bond acceptors (Lipinski definition) is 5. The maximum atomic E-state index is 5.57. The highest BCUT2D eigenvalue weighted by molar-refractivity contribution is 5.95. The van der Waals surface area contributed by atoms with Gasteiger partial charge < -0.3 is 5.73 Å². The molecule has 0 aromatic heterocycles. The number of fused-ring (bicyclic) bond motifs is 1. The van der Waals surface area contributed by atoms with Crippen LogP contribution >= 0.6 is 0 Å². The second-order valence-corrected chi connectivity index (χ2v) is 1.98. The lowest BCUT2D eigenvalue weighted by Gasteiger charge is -2.18. The molecule has 52 valence electrons. The third-order valence-corrected chi connectivity index (χ3v) is 1.34. The summed E-state index contributed by atoms with van der Waals surface area (Å²) in [5, 5.41) is 1.65. The molecule has 10 heavy (non-hydrogen) atoms. The molecular formula is C5H7N5. The number of nitrogens with zero attached hydrogens (tertiary/aromatic N) is 3. The molecule has 0 atom stereocenters. The highest BCUT2D eigenvalue weighted by atomic mass is 15.6. The van der Waals surface area contributed by atoms with Crippen molar-refractivity contribution in [1.29, 1.82) is 0 Å². The first-order valence-corrected chi connectivity index (χ1v) is 2.96. The molecule has 0 aliphatic carbocycles. The number of hydrazine groups is 1. The number of hydrogen-bond donors (Lipinski definition) is 2. The van der Waals surface area contributed by atoms with Crippen LogP contribution in [-0.4, -0.2) is 23.9 Å². The standard InChI is InChI=1S/C5H7N5/c6-4-1-2-7-5-8-3-9-10(4)5/h1-2,9H,3,6H2. The van der Waals surface area contributed by atoms with Gasteiger partial charge in [0.2, 0.25) is 5.96 Å². The summed E-state index contributed by atoms with van der Waals surface area (Å²) in [6, 6.07) is 0. The Morgan fingerprint density at radius 3 is 3.40 bits per heavy atom. The summed E-state index contributed by atoms with van der Waals surface area (Å²) in [6.45, 7) is 0.557. The zero-order chi connectivity index (χ0) is 6.97. The predicted octanol–water partition coefficient (Wildman–Crippen LogP) is -0.995. The number of aliphatic imine (C=N–C) groups is 2. The zero-order valence-corrected chi connectivity index (χ0v) is 5.28. The topological polar surface area (TPSA) is 66.0 Å². The molecule has 2 aliphatic rings. The van der Waals surface area contributed by atoms with Crippen molar-refractivity contribution in [2.24, 2.45) is 15.7 Å². The Morgan fingerprint density at radius 1 is 1.70 bits per heavy atom. The number of rotatable bonds is 0. The van der Waals surface area contributed by atoms with Crippen molar-refractivity contribution in [1.82, 2.24) is 10.4 Å². The number of nitrogens with two attached hydrogens (primary N) is 1. The smallest absolute Gasteiger partial charge is 0.242 e. The molecule has 0 bridgehead atoms. The minimum atomic E-state index is 0.557. The molecule has 5 heteroatoms. The van der Waals surface area contributed by atoms with Gasteiger partial charge >= 0.3 is 0 Å². The van der Waals surface area contributed by atoms with E-state index in [1.807, 2.05) is 0 Å². The highest BCUT2D eigenvalue weighted by Crippen LogP contribution is 2.05. The predicted molar refractivity (Wildman–Crippen MR) is 38.0 cm³/mol. The fraction of sp³-hybridized carbons (Fsp3) is 0.200. The van der Waals surface area contributed by atoms with Crippen LogP contribution in [0.4, 0.5) is 0 Å². The van der Waals surface area contributed by atoms with E-state index in [-0.39, 0.29) is 0 Å². The van der Waals surface area contributed by atoms with E-state index in [9.17, 15) is 0 Å². The van der Waals surface area contributed by atoms with E-state index < -0.39 is 0 Å². The van der Waals surface area contributed by atoms with Gasteiger partial charge in [0.25, 0.3) is 0 Å². The Hall–Kier alpha value is -1.36. The molecule has 0 aromatic carbocycles. The molecule has 0 unspecified atom stereocenters. The highest BCUT2D eigenvalue weighted by Gasteiger charge is 2.19. The second kappa shape index (κ2) is 1.81. The van der Waals surface area contributed by atoms with E-state index in [0.29, 0.717) is 18.4 Å². The van der Waals surface area contributed by atoms with Gasteiger partial charge in [-0.1, -0.05) is 0 Å². The van der Waals surface area contributed by atoms with E-state index in [4.69, 9.17) is 5.73 Å².